The first kappa shape index (κ1) is 22.2. The minimum atomic E-state index is -1.67. The molecule has 0 bridgehead atoms. The van der Waals surface area contributed by atoms with E-state index in [0.717, 1.165) is 32.0 Å². The van der Waals surface area contributed by atoms with Crippen molar-refractivity contribution >= 4 is 47.0 Å². The number of rotatable bonds is 4. The number of aromatic nitrogens is 3. The number of carboxylic acid groups (broad SMARTS) is 1. The van der Waals surface area contributed by atoms with Crippen LogP contribution in [0.3, 0.4) is 0 Å². The van der Waals surface area contributed by atoms with Crippen LogP contribution in [0.25, 0.3) is 32.6 Å². The number of fused-ring (bicyclic) bond motifs is 1. The second-order valence-corrected chi connectivity index (χ2v) is 7.66. The Morgan fingerprint density at radius 2 is 1.90 bits per heavy atom. The third-order valence-corrected chi connectivity index (χ3v) is 5.43. The van der Waals surface area contributed by atoms with Gasteiger partial charge in [0.1, 0.15) is 10.8 Å². The van der Waals surface area contributed by atoms with Crippen LogP contribution in [-0.4, -0.2) is 51.0 Å². The molecule has 31 heavy (non-hydrogen) atoms. The molecule has 0 spiro atoms. The number of benzene rings is 2. The molecule has 0 radical (unpaired) electrons. The molecule has 4 rings (SSSR count). The lowest BCUT2D eigenvalue weighted by Gasteiger charge is -2.15. The van der Waals surface area contributed by atoms with Crippen molar-refractivity contribution in [2.45, 2.75) is 6.92 Å². The summed E-state index contributed by atoms with van der Waals surface area (Å²) in [7, 11) is -0.178. The number of methoxy groups -OCH3 is 1. The molecule has 0 saturated carbocycles. The van der Waals surface area contributed by atoms with E-state index in [9.17, 15) is 10.0 Å². The van der Waals surface area contributed by atoms with Gasteiger partial charge in [0.2, 0.25) is 0 Å². The van der Waals surface area contributed by atoms with E-state index in [-0.39, 0.29) is 11.9 Å². The van der Waals surface area contributed by atoms with Gasteiger partial charge >= 0.3 is 7.12 Å². The van der Waals surface area contributed by atoms with Gasteiger partial charge < -0.3 is 25.6 Å². The molecule has 11 heteroatoms. The zero-order valence-electron chi connectivity index (χ0n) is 16.7. The number of anilines is 1. The third-order valence-electron chi connectivity index (χ3n) is 4.48. The lowest BCUT2D eigenvalue weighted by Crippen LogP contribution is -2.31. The standard InChI is InChI=1S/C19H17BN4O3S.CH2O2/c1-10-8-22-19(28-10)14-7-18(27-2)15(20(25)26)6-13(14)11-3-4-12-16(21)9-23-24-17(12)5-11;2-1-3/h3-9,25-26H,1-2H3,(H2,21,24);1H,(H,2,3). The van der Waals surface area contributed by atoms with E-state index in [1.54, 1.807) is 29.7 Å². The highest BCUT2D eigenvalue weighted by molar-refractivity contribution is 7.15. The van der Waals surface area contributed by atoms with Crippen molar-refractivity contribution in [3.8, 4) is 27.4 Å². The molecule has 158 valence electrons. The molecule has 0 unspecified atom stereocenters. The van der Waals surface area contributed by atoms with Crippen molar-refractivity contribution in [2.24, 2.45) is 0 Å². The van der Waals surface area contributed by atoms with Crippen molar-refractivity contribution in [3.05, 3.63) is 47.6 Å². The first-order valence-corrected chi connectivity index (χ1v) is 9.81. The molecule has 0 saturated heterocycles. The summed E-state index contributed by atoms with van der Waals surface area (Å²) >= 11 is 1.55. The van der Waals surface area contributed by atoms with Crippen LogP contribution in [0.4, 0.5) is 5.69 Å². The Hall–Kier alpha value is -3.54. The average Bonchev–Trinajstić information content (AvgIpc) is 3.19. The minimum absolute atomic E-state index is 0.250. The number of hydrogen-bond donors (Lipinski definition) is 4. The maximum absolute atomic E-state index is 9.80. The number of nitrogens with two attached hydrogens (primary N) is 1. The quantitative estimate of drug-likeness (QED) is 0.276. The Morgan fingerprint density at radius 1 is 1.16 bits per heavy atom. The van der Waals surface area contributed by atoms with Gasteiger partial charge in [0.05, 0.1) is 24.5 Å². The van der Waals surface area contributed by atoms with Crippen LogP contribution >= 0.6 is 11.3 Å². The highest BCUT2D eigenvalue weighted by Gasteiger charge is 2.22. The molecule has 5 N–H and O–H groups in total. The maximum atomic E-state index is 9.80. The second kappa shape index (κ2) is 9.52. The third kappa shape index (κ3) is 4.63. The topological polar surface area (TPSA) is 152 Å². The van der Waals surface area contributed by atoms with Gasteiger partial charge in [0, 0.05) is 27.5 Å². The Labute approximate surface area is 181 Å². The van der Waals surface area contributed by atoms with E-state index in [0.29, 0.717) is 17.0 Å². The highest BCUT2D eigenvalue weighted by atomic mass is 32.1. The van der Waals surface area contributed by atoms with Gasteiger partial charge in [-0.1, -0.05) is 12.1 Å². The first-order chi connectivity index (χ1) is 14.9. The summed E-state index contributed by atoms with van der Waals surface area (Å²) in [5.74, 6) is 0.381. The van der Waals surface area contributed by atoms with Gasteiger partial charge in [-0.2, -0.15) is 10.2 Å². The zero-order chi connectivity index (χ0) is 22.5. The number of ether oxygens (including phenoxy) is 1. The Morgan fingerprint density at radius 3 is 2.52 bits per heavy atom. The summed E-state index contributed by atoms with van der Waals surface area (Å²) in [6, 6.07) is 9.15. The fourth-order valence-corrected chi connectivity index (χ4v) is 3.91. The molecule has 4 aromatic rings. The molecular formula is C20H19BN4O5S. The summed E-state index contributed by atoms with van der Waals surface area (Å²) in [5.41, 5.74) is 9.90. The molecule has 0 atom stereocenters. The maximum Gasteiger partial charge on any atom is 0.492 e. The smallest absolute Gasteiger partial charge is 0.492 e. The zero-order valence-corrected chi connectivity index (χ0v) is 17.5. The monoisotopic (exact) mass is 438 g/mol. The molecule has 0 fully saturated rings. The van der Waals surface area contributed by atoms with Crippen molar-refractivity contribution in [2.75, 3.05) is 12.8 Å². The number of nitrogens with zero attached hydrogens (tertiary/aromatic N) is 3. The molecule has 2 heterocycles. The number of nitrogen functional groups attached to an aromatic ring is 1. The van der Waals surface area contributed by atoms with Crippen molar-refractivity contribution in [1.82, 2.24) is 15.2 Å². The van der Waals surface area contributed by atoms with Crippen LogP contribution in [-0.2, 0) is 4.79 Å². The predicted molar refractivity (Wildman–Crippen MR) is 120 cm³/mol. The summed E-state index contributed by atoms with van der Waals surface area (Å²) in [6.07, 6.45) is 3.32. The molecular weight excluding hydrogens is 419 g/mol. The Kier molecular flexibility index (Phi) is 6.80. The molecule has 0 amide bonds. The molecule has 2 aromatic carbocycles. The summed E-state index contributed by atoms with van der Waals surface area (Å²) < 4.78 is 5.37. The molecule has 0 aliphatic carbocycles. The van der Waals surface area contributed by atoms with Crippen LogP contribution in [0.1, 0.15) is 4.88 Å². The molecule has 0 aliphatic heterocycles. The van der Waals surface area contributed by atoms with Gasteiger partial charge in [0.25, 0.3) is 6.47 Å². The number of aryl methyl sites for hydroxylation is 1. The van der Waals surface area contributed by atoms with Crippen LogP contribution in [0.15, 0.2) is 42.7 Å². The number of hydrogen-bond acceptors (Lipinski definition) is 9. The SMILES string of the molecule is COc1cc(-c2ncc(C)s2)c(-c2ccc3c(N)cnnc3c2)cc1B(O)O.O=CO. The minimum Gasteiger partial charge on any atom is -0.497 e. The lowest BCUT2D eigenvalue weighted by molar-refractivity contribution is -0.122. The molecule has 9 nitrogen and oxygen atoms in total. The van der Waals surface area contributed by atoms with Crippen LogP contribution in [0, 0.1) is 6.92 Å². The second-order valence-electron chi connectivity index (χ2n) is 6.43. The van der Waals surface area contributed by atoms with Gasteiger partial charge in [-0.3, -0.25) is 4.79 Å². The van der Waals surface area contributed by atoms with Gasteiger partial charge in [-0.15, -0.1) is 11.3 Å². The fraction of sp³-hybridized carbons (Fsp3) is 0.100. The summed E-state index contributed by atoms with van der Waals surface area (Å²) in [6.45, 7) is 1.73. The predicted octanol–water partition coefficient (Wildman–Crippen LogP) is 1.70. The van der Waals surface area contributed by atoms with E-state index in [1.165, 1.54) is 13.3 Å². The van der Waals surface area contributed by atoms with E-state index >= 15 is 0 Å². The fourth-order valence-electron chi connectivity index (χ4n) is 3.12. The van der Waals surface area contributed by atoms with Gasteiger partial charge in [0.15, 0.2) is 0 Å². The van der Waals surface area contributed by atoms with Crippen molar-refractivity contribution in [3.63, 3.8) is 0 Å². The van der Waals surface area contributed by atoms with Crippen LogP contribution in [0.2, 0.25) is 0 Å². The largest absolute Gasteiger partial charge is 0.497 e. The van der Waals surface area contributed by atoms with Crippen LogP contribution < -0.4 is 15.9 Å². The normalized spacial score (nSPS) is 10.3. The van der Waals surface area contributed by atoms with Crippen molar-refractivity contribution in [1.29, 1.82) is 0 Å². The Bertz CT molecular complexity index is 1230. The van der Waals surface area contributed by atoms with E-state index in [4.69, 9.17) is 20.4 Å². The van der Waals surface area contributed by atoms with Crippen LogP contribution in [0.5, 0.6) is 5.75 Å². The van der Waals surface area contributed by atoms with E-state index in [1.807, 2.05) is 25.1 Å². The van der Waals surface area contributed by atoms with Gasteiger partial charge in [-0.25, -0.2) is 4.98 Å². The first-order valence-electron chi connectivity index (χ1n) is 8.99. The average molecular weight is 438 g/mol. The van der Waals surface area contributed by atoms with Crippen molar-refractivity contribution < 1.29 is 24.7 Å². The highest BCUT2D eigenvalue weighted by Crippen LogP contribution is 2.37. The van der Waals surface area contributed by atoms with Gasteiger partial charge in [-0.05, 0) is 36.2 Å². The van der Waals surface area contributed by atoms with E-state index < -0.39 is 7.12 Å². The summed E-state index contributed by atoms with van der Waals surface area (Å²) in [4.78, 5) is 13.9. The Balaban J connectivity index is 0.000000858. The summed E-state index contributed by atoms with van der Waals surface area (Å²) in [5, 5.41) is 36.2. The van der Waals surface area contributed by atoms with E-state index in [2.05, 4.69) is 15.2 Å². The molecule has 0 aliphatic rings. The lowest BCUT2D eigenvalue weighted by atomic mass is 9.77. The number of thiazole rings is 1. The number of carbonyl (C=O) groups is 1. The molecule has 2 aromatic heterocycles.